The molecule has 1 amide bonds. The Kier molecular flexibility index (Phi) is 7.40. The van der Waals surface area contributed by atoms with Crippen molar-refractivity contribution in [2.75, 3.05) is 13.1 Å². The van der Waals surface area contributed by atoms with E-state index in [1.807, 2.05) is 52.1 Å². The van der Waals surface area contributed by atoms with Crippen LogP contribution < -0.4 is 10.1 Å². The number of carbonyl (C=O) groups excluding carboxylic acids is 1. The molecule has 1 fully saturated rings. The first kappa shape index (κ1) is 25.3. The first-order chi connectivity index (χ1) is 19.1. The van der Waals surface area contributed by atoms with Crippen molar-refractivity contribution < 1.29 is 9.53 Å². The van der Waals surface area contributed by atoms with Crippen molar-refractivity contribution in [2.24, 2.45) is 5.41 Å². The van der Waals surface area contributed by atoms with E-state index in [2.05, 4.69) is 56.1 Å². The maximum atomic E-state index is 13.7. The third kappa shape index (κ3) is 6.04. The van der Waals surface area contributed by atoms with Gasteiger partial charge in [-0.25, -0.2) is 0 Å². The molecule has 0 aliphatic carbocycles. The normalized spacial score (nSPS) is 18.1. The third-order valence-electron chi connectivity index (χ3n) is 7.99. The average molecular weight is 526 g/mol. The largest absolute Gasteiger partial charge is 0.487 e. The predicted molar refractivity (Wildman–Crippen MR) is 147 cm³/mol. The van der Waals surface area contributed by atoms with Gasteiger partial charge in [0.2, 0.25) is 5.91 Å². The van der Waals surface area contributed by atoms with Gasteiger partial charge in [0.05, 0.1) is 24.4 Å². The number of fused-ring (bicyclic) bond motifs is 3. The van der Waals surface area contributed by atoms with Crippen LogP contribution in [0.3, 0.4) is 0 Å². The lowest BCUT2D eigenvalue weighted by Crippen LogP contribution is -2.48. The van der Waals surface area contributed by atoms with Crippen LogP contribution in [-0.2, 0) is 37.6 Å². The van der Waals surface area contributed by atoms with Gasteiger partial charge in [0.15, 0.2) is 0 Å². The van der Waals surface area contributed by atoms with Crippen LogP contribution in [0.15, 0.2) is 73.2 Å². The molecule has 2 aliphatic heterocycles. The minimum absolute atomic E-state index is 0.143. The Morgan fingerprint density at radius 1 is 0.897 bits per heavy atom. The number of amides is 1. The Labute approximate surface area is 228 Å². The number of carbonyl (C=O) groups is 1. The van der Waals surface area contributed by atoms with E-state index in [1.165, 1.54) is 11.1 Å². The summed E-state index contributed by atoms with van der Waals surface area (Å²) in [6.07, 6.45) is 9.41. The molecule has 2 bridgehead atoms. The van der Waals surface area contributed by atoms with Crippen LogP contribution >= 0.6 is 0 Å². The van der Waals surface area contributed by atoms with Gasteiger partial charge >= 0.3 is 0 Å². The molecule has 9 nitrogen and oxygen atoms in total. The number of piperidine rings is 1. The molecule has 39 heavy (non-hydrogen) atoms. The second kappa shape index (κ2) is 11.4. The zero-order chi connectivity index (χ0) is 26.5. The molecule has 2 aromatic heterocycles. The topological polar surface area (TPSA) is 90.1 Å². The number of para-hydroxylation sites is 1. The summed E-state index contributed by atoms with van der Waals surface area (Å²) in [6.45, 7) is 4.92. The molecule has 6 rings (SSSR count). The summed E-state index contributed by atoms with van der Waals surface area (Å²) in [6, 6.07) is 18.3. The van der Waals surface area contributed by atoms with Gasteiger partial charge in [0, 0.05) is 37.0 Å². The zero-order valence-electron chi connectivity index (χ0n) is 22.2. The Balaban J connectivity index is 1.12. The number of nitrogens with zero attached hydrogens (tertiary/aromatic N) is 6. The molecule has 2 aliphatic rings. The van der Waals surface area contributed by atoms with Crippen molar-refractivity contribution >= 4 is 5.91 Å². The molecule has 0 radical (unpaired) electrons. The number of ether oxygens (including phenoxy) is 1. The molecule has 0 saturated carbocycles. The Morgan fingerprint density at radius 2 is 1.72 bits per heavy atom. The van der Waals surface area contributed by atoms with Crippen molar-refractivity contribution in [3.8, 4) is 5.75 Å². The number of aromatic nitrogens is 5. The van der Waals surface area contributed by atoms with E-state index in [0.29, 0.717) is 13.2 Å². The third-order valence-corrected chi connectivity index (χ3v) is 7.99. The van der Waals surface area contributed by atoms with E-state index in [-0.39, 0.29) is 5.91 Å². The fraction of sp³-hybridized carbons (Fsp3) is 0.400. The number of likely N-dealkylation sites (tertiary alicyclic amines) is 1. The maximum Gasteiger partial charge on any atom is 0.226 e. The first-order valence-corrected chi connectivity index (χ1v) is 13.8. The number of hydrogen-bond acceptors (Lipinski definition) is 6. The molecule has 9 heteroatoms. The Morgan fingerprint density at radius 3 is 2.59 bits per heavy atom. The number of benzene rings is 2. The van der Waals surface area contributed by atoms with Gasteiger partial charge in [0.1, 0.15) is 18.1 Å². The summed E-state index contributed by atoms with van der Waals surface area (Å²) in [5, 5.41) is 16.4. The lowest BCUT2D eigenvalue weighted by Gasteiger charge is -2.41. The van der Waals surface area contributed by atoms with Crippen molar-refractivity contribution in [2.45, 2.75) is 58.5 Å². The quantitative estimate of drug-likeness (QED) is 0.436. The van der Waals surface area contributed by atoms with Gasteiger partial charge in [-0.1, -0.05) is 53.7 Å². The molecule has 202 valence electrons. The van der Waals surface area contributed by atoms with E-state index in [0.717, 1.165) is 75.4 Å². The summed E-state index contributed by atoms with van der Waals surface area (Å²) < 4.78 is 9.89. The molecule has 1 N–H and O–H groups in total. The molecule has 0 unspecified atom stereocenters. The molecule has 2 aromatic carbocycles. The van der Waals surface area contributed by atoms with Gasteiger partial charge in [-0.3, -0.25) is 19.1 Å². The Hall–Kier alpha value is -3.98. The molecule has 0 atom stereocenters. The van der Waals surface area contributed by atoms with Crippen LogP contribution in [0.25, 0.3) is 0 Å². The van der Waals surface area contributed by atoms with Gasteiger partial charge in [-0.2, -0.15) is 5.10 Å². The Bertz CT molecular complexity index is 1390. The number of rotatable bonds is 4. The highest BCUT2D eigenvalue weighted by Crippen LogP contribution is 2.37. The van der Waals surface area contributed by atoms with E-state index >= 15 is 0 Å². The monoisotopic (exact) mass is 525 g/mol. The van der Waals surface area contributed by atoms with Crippen molar-refractivity contribution in [3.63, 3.8) is 0 Å². The van der Waals surface area contributed by atoms with Gasteiger partial charge < -0.3 is 10.1 Å². The fourth-order valence-corrected chi connectivity index (χ4v) is 5.73. The summed E-state index contributed by atoms with van der Waals surface area (Å²) >= 11 is 0. The van der Waals surface area contributed by atoms with Crippen molar-refractivity contribution in [1.82, 2.24) is 35.0 Å². The van der Waals surface area contributed by atoms with Crippen LogP contribution in [0, 0.1) is 5.41 Å². The molecule has 4 heterocycles. The van der Waals surface area contributed by atoms with E-state index in [1.54, 1.807) is 0 Å². The minimum atomic E-state index is -0.392. The molecule has 1 saturated heterocycles. The fourth-order valence-electron chi connectivity index (χ4n) is 5.73. The SMILES string of the molecule is O=C1NCc2ccccc2OCc2cn(nn2)CCCC12CCN(Cc1cnn(Cc3ccccc3)c1)CC2. The van der Waals surface area contributed by atoms with Crippen LogP contribution in [0.1, 0.15) is 48.1 Å². The summed E-state index contributed by atoms with van der Waals surface area (Å²) in [5.74, 6) is 0.907. The molecule has 4 aromatic rings. The molecular weight excluding hydrogens is 490 g/mol. The maximum absolute atomic E-state index is 13.7. The van der Waals surface area contributed by atoms with Crippen LogP contribution in [0.4, 0.5) is 0 Å². The van der Waals surface area contributed by atoms with Crippen LogP contribution in [0.2, 0.25) is 0 Å². The summed E-state index contributed by atoms with van der Waals surface area (Å²) in [7, 11) is 0. The van der Waals surface area contributed by atoms with E-state index < -0.39 is 5.41 Å². The van der Waals surface area contributed by atoms with Gasteiger partial charge in [-0.05, 0) is 50.4 Å². The lowest BCUT2D eigenvalue weighted by atomic mass is 9.73. The van der Waals surface area contributed by atoms with Crippen molar-refractivity contribution in [3.05, 3.63) is 95.6 Å². The smallest absolute Gasteiger partial charge is 0.226 e. The van der Waals surface area contributed by atoms with Crippen LogP contribution in [-0.4, -0.2) is 48.7 Å². The zero-order valence-corrected chi connectivity index (χ0v) is 22.2. The first-order valence-electron chi connectivity index (χ1n) is 13.8. The highest BCUT2D eigenvalue weighted by Gasteiger charge is 2.40. The van der Waals surface area contributed by atoms with Crippen molar-refractivity contribution in [1.29, 1.82) is 0 Å². The van der Waals surface area contributed by atoms with E-state index in [4.69, 9.17) is 4.74 Å². The highest BCUT2D eigenvalue weighted by atomic mass is 16.5. The predicted octanol–water partition coefficient (Wildman–Crippen LogP) is 3.79. The molecular formula is C30H35N7O2. The summed E-state index contributed by atoms with van der Waals surface area (Å²) in [5.41, 5.74) is 3.83. The second-order valence-electron chi connectivity index (χ2n) is 10.7. The van der Waals surface area contributed by atoms with Gasteiger partial charge in [0.25, 0.3) is 0 Å². The number of nitrogens with one attached hydrogen (secondary N) is 1. The minimum Gasteiger partial charge on any atom is -0.487 e. The van der Waals surface area contributed by atoms with Gasteiger partial charge in [-0.15, -0.1) is 5.10 Å². The van der Waals surface area contributed by atoms with E-state index in [9.17, 15) is 4.79 Å². The average Bonchev–Trinajstić information content (AvgIpc) is 3.61. The molecule has 1 spiro atoms. The standard InChI is InChI=1S/C30H35N7O2/c38-29-30(11-6-14-36-22-27(33-34-36)23-39-28-10-5-4-9-26(28)18-31-29)12-15-35(16-13-30)19-25-17-32-37(21-25)20-24-7-2-1-3-8-24/h1-5,7-10,17,21-22H,6,11-16,18-20,23H2,(H,31,38). The highest BCUT2D eigenvalue weighted by molar-refractivity contribution is 5.82. The summed E-state index contributed by atoms with van der Waals surface area (Å²) in [4.78, 5) is 16.2. The number of aryl methyl sites for hydroxylation is 1. The second-order valence-corrected chi connectivity index (χ2v) is 10.7. The van der Waals surface area contributed by atoms with Crippen LogP contribution in [0.5, 0.6) is 5.75 Å². The lowest BCUT2D eigenvalue weighted by molar-refractivity contribution is -0.135. The number of hydrogen-bond donors (Lipinski definition) is 1.